The van der Waals surface area contributed by atoms with Gasteiger partial charge in [0.1, 0.15) is 19.0 Å². The molecule has 0 aromatic heterocycles. The van der Waals surface area contributed by atoms with Crippen LogP contribution >= 0.6 is 0 Å². The SMILES string of the molecule is C[NH+](C)CCCN1C(=O)C(=O)C(=C(O)c2ccc3c(c2)OCCO3)[C@@H]1c1ccccc1. The van der Waals surface area contributed by atoms with E-state index in [1.807, 2.05) is 44.4 Å². The minimum atomic E-state index is -0.668. The summed E-state index contributed by atoms with van der Waals surface area (Å²) in [6.07, 6.45) is 0.753. The Labute approximate surface area is 181 Å². The van der Waals surface area contributed by atoms with Crippen LogP contribution in [0.3, 0.4) is 0 Å². The molecule has 1 fully saturated rings. The number of carbonyl (C=O) groups is 2. The molecule has 7 nitrogen and oxygen atoms in total. The molecule has 7 heteroatoms. The summed E-state index contributed by atoms with van der Waals surface area (Å²) < 4.78 is 11.1. The van der Waals surface area contributed by atoms with Gasteiger partial charge in [-0.2, -0.15) is 0 Å². The summed E-state index contributed by atoms with van der Waals surface area (Å²) in [6.45, 7) is 2.19. The minimum Gasteiger partial charge on any atom is -0.507 e. The highest BCUT2D eigenvalue weighted by atomic mass is 16.6. The van der Waals surface area contributed by atoms with Gasteiger partial charge in [0, 0.05) is 18.5 Å². The second kappa shape index (κ2) is 8.81. The number of nitrogens with zero attached hydrogens (tertiary/aromatic N) is 1. The number of fused-ring (bicyclic) bond motifs is 1. The zero-order valence-corrected chi connectivity index (χ0v) is 17.8. The number of hydrogen-bond acceptors (Lipinski definition) is 5. The average Bonchev–Trinajstić information content (AvgIpc) is 3.03. The number of rotatable bonds is 6. The number of amides is 1. The number of Topliss-reactive ketones (excluding diaryl/α,β-unsaturated/α-hetero) is 1. The van der Waals surface area contributed by atoms with E-state index in [0.29, 0.717) is 36.8 Å². The number of quaternary nitrogens is 1. The van der Waals surface area contributed by atoms with Crippen LogP contribution < -0.4 is 14.4 Å². The van der Waals surface area contributed by atoms with Crippen LogP contribution in [0.4, 0.5) is 0 Å². The zero-order chi connectivity index (χ0) is 22.0. The Morgan fingerprint density at radius 1 is 1.06 bits per heavy atom. The highest BCUT2D eigenvalue weighted by molar-refractivity contribution is 6.46. The van der Waals surface area contributed by atoms with Gasteiger partial charge in [-0.15, -0.1) is 0 Å². The third-order valence-electron chi connectivity index (χ3n) is 5.55. The van der Waals surface area contributed by atoms with Crippen molar-refractivity contribution >= 4 is 17.4 Å². The Kier molecular flexibility index (Phi) is 5.95. The molecular weight excluding hydrogens is 396 g/mol. The van der Waals surface area contributed by atoms with Gasteiger partial charge in [-0.05, 0) is 23.8 Å². The van der Waals surface area contributed by atoms with Gasteiger partial charge in [-0.1, -0.05) is 30.3 Å². The van der Waals surface area contributed by atoms with E-state index in [2.05, 4.69) is 0 Å². The summed E-state index contributed by atoms with van der Waals surface area (Å²) in [7, 11) is 4.09. The topological polar surface area (TPSA) is 80.5 Å². The molecule has 162 valence electrons. The Hall–Kier alpha value is -3.32. The van der Waals surface area contributed by atoms with E-state index < -0.39 is 17.7 Å². The molecule has 1 amide bonds. The minimum absolute atomic E-state index is 0.102. The zero-order valence-electron chi connectivity index (χ0n) is 17.8. The van der Waals surface area contributed by atoms with Crippen molar-refractivity contribution in [2.75, 3.05) is 40.4 Å². The van der Waals surface area contributed by atoms with Gasteiger partial charge in [0.2, 0.25) is 0 Å². The van der Waals surface area contributed by atoms with Crippen LogP contribution in [0.2, 0.25) is 0 Å². The molecule has 2 N–H and O–H groups in total. The fourth-order valence-corrected chi connectivity index (χ4v) is 4.04. The molecule has 1 atom stereocenters. The Bertz CT molecular complexity index is 1020. The molecule has 2 aliphatic rings. The quantitative estimate of drug-likeness (QED) is 0.417. The number of carbonyl (C=O) groups excluding carboxylic acids is 2. The van der Waals surface area contributed by atoms with Gasteiger partial charge >= 0.3 is 0 Å². The predicted octanol–water partition coefficient (Wildman–Crippen LogP) is 1.41. The molecule has 31 heavy (non-hydrogen) atoms. The molecular formula is C24H27N2O5+. The van der Waals surface area contributed by atoms with E-state index in [0.717, 1.165) is 18.5 Å². The maximum Gasteiger partial charge on any atom is 0.295 e. The van der Waals surface area contributed by atoms with Crippen molar-refractivity contribution in [1.29, 1.82) is 0 Å². The highest BCUT2D eigenvalue weighted by Crippen LogP contribution is 2.41. The molecule has 2 heterocycles. The van der Waals surface area contributed by atoms with Crippen molar-refractivity contribution in [3.8, 4) is 11.5 Å². The van der Waals surface area contributed by atoms with Crippen molar-refractivity contribution in [2.24, 2.45) is 0 Å². The molecule has 0 saturated carbocycles. The number of likely N-dealkylation sites (tertiary alicyclic amines) is 1. The standard InChI is InChI=1S/C24H26N2O5/c1-25(2)11-6-12-26-21(16-7-4-3-5-8-16)20(23(28)24(26)29)22(27)17-9-10-18-19(15-17)31-14-13-30-18/h3-5,7-10,15,21,27H,6,11-14H2,1-2H3/p+1/t21-/m0/s1. The highest BCUT2D eigenvalue weighted by Gasteiger charge is 2.45. The van der Waals surface area contributed by atoms with Crippen LogP contribution in [0.25, 0.3) is 5.76 Å². The lowest BCUT2D eigenvalue weighted by Gasteiger charge is -2.25. The molecule has 1 saturated heterocycles. The monoisotopic (exact) mass is 423 g/mol. The number of ketones is 1. The second-order valence-electron chi connectivity index (χ2n) is 8.07. The lowest BCUT2D eigenvalue weighted by molar-refractivity contribution is -0.858. The lowest BCUT2D eigenvalue weighted by Crippen LogP contribution is -3.05. The first-order chi connectivity index (χ1) is 15.0. The molecule has 2 aromatic rings. The van der Waals surface area contributed by atoms with Gasteiger partial charge in [0.15, 0.2) is 11.5 Å². The largest absolute Gasteiger partial charge is 0.507 e. The summed E-state index contributed by atoms with van der Waals surface area (Å²) >= 11 is 0. The lowest BCUT2D eigenvalue weighted by atomic mass is 9.95. The van der Waals surface area contributed by atoms with Gasteiger partial charge in [0.25, 0.3) is 11.7 Å². The smallest absolute Gasteiger partial charge is 0.295 e. The molecule has 0 bridgehead atoms. The summed E-state index contributed by atoms with van der Waals surface area (Å²) in [4.78, 5) is 28.8. The first-order valence-electron chi connectivity index (χ1n) is 10.5. The summed E-state index contributed by atoms with van der Waals surface area (Å²) in [5.41, 5.74) is 1.31. The maximum absolute atomic E-state index is 13.0. The maximum atomic E-state index is 13.0. The third kappa shape index (κ3) is 4.14. The summed E-state index contributed by atoms with van der Waals surface area (Å²) in [5, 5.41) is 11.2. The van der Waals surface area contributed by atoms with Crippen LogP contribution in [-0.2, 0) is 9.59 Å². The van der Waals surface area contributed by atoms with Crippen LogP contribution in [0.1, 0.15) is 23.6 Å². The van der Waals surface area contributed by atoms with Crippen molar-refractivity contribution in [3.63, 3.8) is 0 Å². The van der Waals surface area contributed by atoms with Crippen LogP contribution in [0, 0.1) is 0 Å². The van der Waals surface area contributed by atoms with Crippen molar-refractivity contribution in [3.05, 3.63) is 65.2 Å². The van der Waals surface area contributed by atoms with E-state index in [4.69, 9.17) is 9.47 Å². The van der Waals surface area contributed by atoms with Crippen LogP contribution in [0.5, 0.6) is 11.5 Å². The second-order valence-corrected chi connectivity index (χ2v) is 8.07. The summed E-state index contributed by atoms with van der Waals surface area (Å²) in [5.74, 6) is -0.353. The molecule has 0 spiro atoms. The first kappa shape index (κ1) is 20.9. The molecule has 0 aliphatic carbocycles. The van der Waals surface area contributed by atoms with Crippen LogP contribution in [0.15, 0.2) is 54.1 Å². The van der Waals surface area contributed by atoms with E-state index in [9.17, 15) is 14.7 Å². The number of aliphatic hydroxyl groups is 1. The predicted molar refractivity (Wildman–Crippen MR) is 115 cm³/mol. The van der Waals surface area contributed by atoms with Gasteiger partial charge < -0.3 is 24.4 Å². The number of hydrogen-bond donors (Lipinski definition) is 2. The molecule has 0 unspecified atom stereocenters. The normalized spacial score (nSPS) is 19.8. The number of nitrogens with one attached hydrogen (secondary N) is 1. The Morgan fingerprint density at radius 3 is 2.48 bits per heavy atom. The molecule has 2 aliphatic heterocycles. The Balaban J connectivity index is 1.76. The van der Waals surface area contributed by atoms with E-state index in [1.165, 1.54) is 4.90 Å². The number of ether oxygens (including phenoxy) is 2. The van der Waals surface area contributed by atoms with Crippen molar-refractivity contribution in [2.45, 2.75) is 12.5 Å². The average molecular weight is 423 g/mol. The fourth-order valence-electron chi connectivity index (χ4n) is 4.04. The van der Waals surface area contributed by atoms with Crippen molar-refractivity contribution < 1.29 is 29.1 Å². The van der Waals surface area contributed by atoms with E-state index >= 15 is 0 Å². The first-order valence-corrected chi connectivity index (χ1v) is 10.5. The number of aliphatic hydroxyl groups excluding tert-OH is 1. The summed E-state index contributed by atoms with van der Waals surface area (Å²) in [6, 6.07) is 13.8. The van der Waals surface area contributed by atoms with E-state index in [-0.39, 0.29) is 11.3 Å². The molecule has 2 aromatic carbocycles. The van der Waals surface area contributed by atoms with Gasteiger partial charge in [-0.25, -0.2) is 0 Å². The Morgan fingerprint density at radius 2 is 1.77 bits per heavy atom. The van der Waals surface area contributed by atoms with Gasteiger partial charge in [-0.3, -0.25) is 9.59 Å². The third-order valence-corrected chi connectivity index (χ3v) is 5.55. The fraction of sp³-hybridized carbons (Fsp3) is 0.333. The van der Waals surface area contributed by atoms with Crippen LogP contribution in [-0.4, -0.2) is 62.1 Å². The van der Waals surface area contributed by atoms with Crippen molar-refractivity contribution in [1.82, 2.24) is 4.90 Å². The number of benzene rings is 2. The van der Waals surface area contributed by atoms with Gasteiger partial charge in [0.05, 0.1) is 32.3 Å². The molecule has 0 radical (unpaired) electrons. The molecule has 4 rings (SSSR count). The van der Waals surface area contributed by atoms with E-state index in [1.54, 1.807) is 23.1 Å².